The van der Waals surface area contributed by atoms with Crippen LogP contribution >= 0.6 is 0 Å². The Morgan fingerprint density at radius 3 is 2.61 bits per heavy atom. The number of piperidine rings is 1. The van der Waals surface area contributed by atoms with Crippen molar-refractivity contribution in [2.75, 3.05) is 30.4 Å². The summed E-state index contributed by atoms with van der Waals surface area (Å²) in [4.78, 5) is 24.0. The summed E-state index contributed by atoms with van der Waals surface area (Å²) in [6.45, 7) is 5.40. The number of aryl methyl sites for hydroxylation is 1. The van der Waals surface area contributed by atoms with Crippen molar-refractivity contribution in [2.24, 2.45) is 0 Å². The van der Waals surface area contributed by atoms with Gasteiger partial charge in [-0.3, -0.25) is 10.2 Å². The van der Waals surface area contributed by atoms with E-state index in [0.717, 1.165) is 29.2 Å². The fourth-order valence-corrected chi connectivity index (χ4v) is 4.15. The van der Waals surface area contributed by atoms with Gasteiger partial charge in [0.1, 0.15) is 17.2 Å². The number of methoxy groups -OCH3 is 1. The number of aromatic nitrogens is 2. The predicted octanol–water partition coefficient (Wildman–Crippen LogP) is 1.07. The highest BCUT2D eigenvalue weighted by molar-refractivity contribution is 5.85. The van der Waals surface area contributed by atoms with Gasteiger partial charge in [0.05, 0.1) is 13.3 Å². The van der Waals surface area contributed by atoms with E-state index in [2.05, 4.69) is 38.4 Å². The van der Waals surface area contributed by atoms with Gasteiger partial charge in [-0.15, -0.1) is 0 Å². The Hall–Kier alpha value is -2.95. The number of anilines is 2. The van der Waals surface area contributed by atoms with E-state index in [0.29, 0.717) is 44.5 Å². The van der Waals surface area contributed by atoms with Crippen LogP contribution in [-0.4, -0.2) is 59.0 Å². The average molecular weight is 456 g/mol. The lowest BCUT2D eigenvalue weighted by molar-refractivity contribution is -0.142. The minimum absolute atomic E-state index is 0.1000. The maximum atomic E-state index is 12.7. The van der Waals surface area contributed by atoms with Crippen LogP contribution in [0.1, 0.15) is 37.4 Å². The number of amides is 1. The molecule has 33 heavy (non-hydrogen) atoms. The van der Waals surface area contributed by atoms with Gasteiger partial charge >= 0.3 is 0 Å². The van der Waals surface area contributed by atoms with Crippen molar-refractivity contribution in [3.8, 4) is 5.75 Å². The molecule has 5 N–H and O–H groups in total. The van der Waals surface area contributed by atoms with Crippen LogP contribution in [0.2, 0.25) is 0 Å². The Morgan fingerprint density at radius 2 is 1.97 bits per heavy atom. The molecule has 2 aliphatic rings. The summed E-state index contributed by atoms with van der Waals surface area (Å²) in [6.07, 6.45) is 1.67. The monoisotopic (exact) mass is 455 g/mol. The first kappa shape index (κ1) is 23.2. The Balaban J connectivity index is 1.33. The highest BCUT2D eigenvalue weighted by Gasteiger charge is 2.39. The zero-order valence-electron chi connectivity index (χ0n) is 19.4. The summed E-state index contributed by atoms with van der Waals surface area (Å²) in [6, 6.07) is 9.79. The summed E-state index contributed by atoms with van der Waals surface area (Å²) >= 11 is 0. The number of hydrogen-bond acceptors (Lipinski definition) is 9. The molecule has 178 valence electrons. The molecule has 2 fully saturated rings. The zero-order chi connectivity index (χ0) is 23.4. The molecule has 0 radical (unpaired) electrons. The maximum absolute atomic E-state index is 12.7. The molecule has 10 nitrogen and oxygen atoms in total. The molecular weight excluding hydrogens is 422 g/mol. The van der Waals surface area contributed by atoms with Crippen molar-refractivity contribution >= 4 is 17.7 Å². The predicted molar refractivity (Wildman–Crippen MR) is 126 cm³/mol. The lowest BCUT2D eigenvalue weighted by atomic mass is 9.90. The lowest BCUT2D eigenvalue weighted by Gasteiger charge is -2.37. The highest BCUT2D eigenvalue weighted by Crippen LogP contribution is 2.26. The molecule has 1 amide bonds. The Bertz CT molecular complexity index is 961. The van der Waals surface area contributed by atoms with Gasteiger partial charge < -0.3 is 25.4 Å². The number of ether oxygens (including phenoxy) is 1. The molecule has 2 unspecified atom stereocenters. The number of carbonyl (C=O) groups excluding carboxylic acids is 1. The van der Waals surface area contributed by atoms with E-state index in [1.807, 2.05) is 42.2 Å². The van der Waals surface area contributed by atoms with Crippen molar-refractivity contribution in [3.63, 3.8) is 0 Å². The first-order chi connectivity index (χ1) is 15.8. The van der Waals surface area contributed by atoms with Crippen molar-refractivity contribution in [1.29, 1.82) is 0 Å². The molecule has 2 atom stereocenters. The van der Waals surface area contributed by atoms with Crippen molar-refractivity contribution in [1.82, 2.24) is 26.1 Å². The first-order valence-electron chi connectivity index (χ1n) is 11.4. The van der Waals surface area contributed by atoms with Gasteiger partial charge in [0.15, 0.2) is 0 Å². The molecule has 0 spiro atoms. The molecule has 0 saturated carbocycles. The fourth-order valence-electron chi connectivity index (χ4n) is 4.15. The van der Waals surface area contributed by atoms with Gasteiger partial charge in [-0.1, -0.05) is 12.1 Å². The number of nitrogens with one attached hydrogen (secondary N) is 4. The van der Waals surface area contributed by atoms with Crippen LogP contribution in [0.15, 0.2) is 30.3 Å². The maximum Gasteiger partial charge on any atom is 0.252 e. The molecule has 1 aromatic heterocycles. The summed E-state index contributed by atoms with van der Waals surface area (Å²) in [7, 11) is 1.61. The Labute approximate surface area is 194 Å². The zero-order valence-corrected chi connectivity index (χ0v) is 19.4. The largest absolute Gasteiger partial charge is 0.497 e. The molecule has 2 aromatic rings. The van der Waals surface area contributed by atoms with Gasteiger partial charge in [0.25, 0.3) is 5.91 Å². The van der Waals surface area contributed by atoms with Gasteiger partial charge in [-0.05, 0) is 38.0 Å². The number of nitrogens with zero attached hydrogens (tertiary/aromatic N) is 3. The van der Waals surface area contributed by atoms with Gasteiger partial charge in [-0.25, -0.2) is 10.4 Å². The van der Waals surface area contributed by atoms with Gasteiger partial charge in [0.2, 0.25) is 5.95 Å². The van der Waals surface area contributed by atoms with Crippen LogP contribution in [0.5, 0.6) is 5.75 Å². The molecular formula is C23H33N7O3. The standard InChI is InChI=1S/C23H33N7O3/c1-15-12-19(26-20-13-16(2)28-29-20)27-22(25-15)30-10-8-23(32,9-11-30)21(31)24-14-17-4-6-18(33-3)7-5-17/h4-7,12,16,20,28-29,32H,8-11,13-14H2,1-3H3,(H,24,31)(H,25,26,27). The van der Waals surface area contributed by atoms with Gasteiger partial charge in [0, 0.05) is 50.3 Å². The number of carbonyl (C=O) groups is 1. The van der Waals surface area contributed by atoms with Crippen LogP contribution in [0, 0.1) is 6.92 Å². The summed E-state index contributed by atoms with van der Waals surface area (Å²) < 4.78 is 5.15. The molecule has 2 saturated heterocycles. The van der Waals surface area contributed by atoms with Crippen LogP contribution in [0.3, 0.4) is 0 Å². The van der Waals surface area contributed by atoms with Crippen LogP contribution in [-0.2, 0) is 11.3 Å². The van der Waals surface area contributed by atoms with E-state index in [-0.39, 0.29) is 12.1 Å². The van der Waals surface area contributed by atoms with E-state index >= 15 is 0 Å². The van der Waals surface area contributed by atoms with Gasteiger partial charge in [-0.2, -0.15) is 4.98 Å². The van der Waals surface area contributed by atoms with E-state index in [4.69, 9.17) is 4.74 Å². The average Bonchev–Trinajstić information content (AvgIpc) is 3.22. The summed E-state index contributed by atoms with van der Waals surface area (Å²) in [5.74, 6) is 1.78. The third-order valence-corrected chi connectivity index (χ3v) is 6.17. The second-order valence-corrected chi connectivity index (χ2v) is 8.87. The van der Waals surface area contributed by atoms with Crippen molar-refractivity contribution in [2.45, 2.75) is 57.5 Å². The molecule has 3 heterocycles. The molecule has 0 aliphatic carbocycles. The molecule has 2 aliphatic heterocycles. The van der Waals surface area contributed by atoms with E-state index in [1.54, 1.807) is 7.11 Å². The minimum atomic E-state index is -1.40. The third-order valence-electron chi connectivity index (χ3n) is 6.17. The number of hydrazine groups is 1. The second kappa shape index (κ2) is 9.90. The number of rotatable bonds is 7. The first-order valence-corrected chi connectivity index (χ1v) is 11.4. The van der Waals surface area contributed by atoms with E-state index < -0.39 is 5.60 Å². The van der Waals surface area contributed by atoms with Crippen molar-refractivity contribution < 1.29 is 14.6 Å². The second-order valence-electron chi connectivity index (χ2n) is 8.87. The fraction of sp³-hybridized carbons (Fsp3) is 0.522. The lowest BCUT2D eigenvalue weighted by Crippen LogP contribution is -2.54. The van der Waals surface area contributed by atoms with Crippen LogP contribution < -0.4 is 31.1 Å². The molecule has 1 aromatic carbocycles. The quantitative estimate of drug-likeness (QED) is 0.417. The highest BCUT2D eigenvalue weighted by atomic mass is 16.5. The smallest absolute Gasteiger partial charge is 0.252 e. The molecule has 0 bridgehead atoms. The number of hydrogen-bond donors (Lipinski definition) is 5. The number of benzene rings is 1. The normalized spacial score (nSPS) is 22.1. The topological polar surface area (TPSA) is 124 Å². The Kier molecular flexibility index (Phi) is 6.96. The minimum Gasteiger partial charge on any atom is -0.497 e. The Morgan fingerprint density at radius 1 is 1.24 bits per heavy atom. The van der Waals surface area contributed by atoms with Crippen molar-refractivity contribution in [3.05, 3.63) is 41.6 Å². The van der Waals surface area contributed by atoms with Crippen LogP contribution in [0.25, 0.3) is 0 Å². The van der Waals surface area contributed by atoms with E-state index in [1.165, 1.54) is 0 Å². The van der Waals surface area contributed by atoms with E-state index in [9.17, 15) is 9.90 Å². The summed E-state index contributed by atoms with van der Waals surface area (Å²) in [5.41, 5.74) is 6.80. The van der Waals surface area contributed by atoms with Crippen LogP contribution in [0.4, 0.5) is 11.8 Å². The summed E-state index contributed by atoms with van der Waals surface area (Å²) in [5, 5.41) is 17.2. The number of aliphatic hydroxyl groups is 1. The SMILES string of the molecule is COc1ccc(CNC(=O)C2(O)CCN(c3nc(C)cc(NC4CC(C)NN4)n3)CC2)cc1. The molecule has 10 heteroatoms. The molecule has 4 rings (SSSR count). The third kappa shape index (κ3) is 5.70.